The molecule has 2 aromatic rings. The molecular formula is C19H23N5O. The third-order valence-corrected chi connectivity index (χ3v) is 4.74. The number of phenolic OH excluding ortho intramolecular Hbond substituents is 1. The number of anilines is 1. The summed E-state index contributed by atoms with van der Waals surface area (Å²) in [6.45, 7) is 4.54. The highest BCUT2D eigenvalue weighted by atomic mass is 16.3. The van der Waals surface area contributed by atoms with Gasteiger partial charge in [0.25, 0.3) is 0 Å². The number of azo groups is 1. The first-order valence-electron chi connectivity index (χ1n) is 8.49. The van der Waals surface area contributed by atoms with Gasteiger partial charge in [0, 0.05) is 0 Å². The monoisotopic (exact) mass is 337 g/mol. The number of hydrazine groups is 1. The van der Waals surface area contributed by atoms with Gasteiger partial charge in [0.15, 0.2) is 5.84 Å². The quantitative estimate of drug-likeness (QED) is 0.643. The molecule has 0 amide bonds. The van der Waals surface area contributed by atoms with Crippen LogP contribution in [-0.4, -0.2) is 16.5 Å². The Morgan fingerprint density at radius 2 is 1.88 bits per heavy atom. The summed E-state index contributed by atoms with van der Waals surface area (Å²) in [4.78, 5) is 4.72. The third kappa shape index (κ3) is 3.13. The molecule has 0 fully saturated rings. The maximum Gasteiger partial charge on any atom is 0.178 e. The fourth-order valence-corrected chi connectivity index (χ4v) is 3.18. The number of amidine groups is 1. The van der Waals surface area contributed by atoms with Gasteiger partial charge in [0.05, 0.1) is 17.9 Å². The normalized spacial score (nSPS) is 16.0. The summed E-state index contributed by atoms with van der Waals surface area (Å²) in [6, 6.07) is 14.8. The van der Waals surface area contributed by atoms with Crippen molar-refractivity contribution in [2.45, 2.75) is 38.8 Å². The average Bonchev–Trinajstić information content (AvgIpc) is 2.63. The van der Waals surface area contributed by atoms with E-state index in [2.05, 4.69) is 24.1 Å². The van der Waals surface area contributed by atoms with Gasteiger partial charge < -0.3 is 5.11 Å². The van der Waals surface area contributed by atoms with E-state index in [1.165, 1.54) is 0 Å². The second-order valence-corrected chi connectivity index (χ2v) is 6.10. The number of aromatic hydroxyl groups is 1. The molecule has 0 saturated heterocycles. The second-order valence-electron chi connectivity index (χ2n) is 6.10. The van der Waals surface area contributed by atoms with Crippen molar-refractivity contribution in [1.29, 1.82) is 0 Å². The zero-order valence-corrected chi connectivity index (χ0v) is 14.6. The molecule has 6 nitrogen and oxygen atoms in total. The van der Waals surface area contributed by atoms with Crippen molar-refractivity contribution in [3.63, 3.8) is 0 Å². The van der Waals surface area contributed by atoms with Crippen LogP contribution in [0.2, 0.25) is 0 Å². The number of aliphatic imine (C=N–C) groups is 1. The summed E-state index contributed by atoms with van der Waals surface area (Å²) in [5, 5.41) is 20.1. The SMILES string of the molecule is CCC1(CC)C(N=NCc2cccc(O)c2)=Nc2ccccc2N1N. The van der Waals surface area contributed by atoms with E-state index in [1.54, 1.807) is 23.2 Å². The number of phenols is 1. The molecule has 0 spiro atoms. The smallest absolute Gasteiger partial charge is 0.178 e. The highest BCUT2D eigenvalue weighted by Crippen LogP contribution is 2.40. The Labute approximate surface area is 147 Å². The van der Waals surface area contributed by atoms with Gasteiger partial charge in [0.1, 0.15) is 11.3 Å². The summed E-state index contributed by atoms with van der Waals surface area (Å²) in [6.07, 6.45) is 1.55. The number of fused-ring (bicyclic) bond motifs is 1. The number of hydrogen-bond donors (Lipinski definition) is 2. The van der Waals surface area contributed by atoms with E-state index in [4.69, 9.17) is 10.8 Å². The predicted molar refractivity (Wildman–Crippen MR) is 100 cm³/mol. The molecule has 0 aliphatic carbocycles. The van der Waals surface area contributed by atoms with Crippen LogP contribution in [0.1, 0.15) is 32.3 Å². The summed E-state index contributed by atoms with van der Waals surface area (Å²) in [5.74, 6) is 7.30. The average molecular weight is 337 g/mol. The van der Waals surface area contributed by atoms with E-state index in [0.717, 1.165) is 29.8 Å². The number of rotatable bonds is 4. The van der Waals surface area contributed by atoms with Crippen LogP contribution in [-0.2, 0) is 6.54 Å². The van der Waals surface area contributed by atoms with Crippen molar-refractivity contribution < 1.29 is 5.11 Å². The first-order valence-corrected chi connectivity index (χ1v) is 8.49. The molecular weight excluding hydrogens is 314 g/mol. The molecule has 0 bridgehead atoms. The molecule has 3 rings (SSSR count). The minimum Gasteiger partial charge on any atom is -0.508 e. The molecule has 0 radical (unpaired) electrons. The first-order chi connectivity index (χ1) is 12.1. The van der Waals surface area contributed by atoms with Crippen LogP contribution in [0.25, 0.3) is 0 Å². The standard InChI is InChI=1S/C19H23N5O/c1-3-19(4-2)18(22-16-10-5-6-11-17(16)24(19)20)23-21-13-14-8-7-9-15(25)12-14/h5-12,25H,3-4,13,20H2,1-2H3. The minimum absolute atomic E-state index is 0.223. The number of benzene rings is 2. The van der Waals surface area contributed by atoms with Crippen molar-refractivity contribution in [2.75, 3.05) is 5.01 Å². The Kier molecular flexibility index (Phi) is 4.81. The predicted octanol–water partition coefficient (Wildman–Crippen LogP) is 4.33. The fourth-order valence-electron chi connectivity index (χ4n) is 3.18. The summed E-state index contributed by atoms with van der Waals surface area (Å²) in [7, 11) is 0. The zero-order chi connectivity index (χ0) is 17.9. The molecule has 130 valence electrons. The number of para-hydroxylation sites is 2. The first kappa shape index (κ1) is 17.1. The Morgan fingerprint density at radius 3 is 2.60 bits per heavy atom. The van der Waals surface area contributed by atoms with E-state index in [-0.39, 0.29) is 5.75 Å². The lowest BCUT2D eigenvalue weighted by atomic mass is 9.88. The van der Waals surface area contributed by atoms with E-state index < -0.39 is 5.54 Å². The van der Waals surface area contributed by atoms with Gasteiger partial charge in [-0.15, -0.1) is 5.11 Å². The van der Waals surface area contributed by atoms with Crippen LogP contribution in [0.15, 0.2) is 63.8 Å². The third-order valence-electron chi connectivity index (χ3n) is 4.74. The van der Waals surface area contributed by atoms with Gasteiger partial charge >= 0.3 is 0 Å². The van der Waals surface area contributed by atoms with Crippen LogP contribution >= 0.6 is 0 Å². The summed E-state index contributed by atoms with van der Waals surface area (Å²) < 4.78 is 0. The van der Waals surface area contributed by atoms with Gasteiger partial charge in [-0.05, 0) is 42.7 Å². The van der Waals surface area contributed by atoms with Crippen LogP contribution in [0.4, 0.5) is 11.4 Å². The van der Waals surface area contributed by atoms with Gasteiger partial charge in [-0.1, -0.05) is 38.1 Å². The lowest BCUT2D eigenvalue weighted by molar-refractivity contribution is 0.468. The van der Waals surface area contributed by atoms with E-state index in [9.17, 15) is 5.11 Å². The zero-order valence-electron chi connectivity index (χ0n) is 14.6. The molecule has 0 atom stereocenters. The second kappa shape index (κ2) is 7.03. The van der Waals surface area contributed by atoms with Crippen molar-refractivity contribution >= 4 is 17.2 Å². The molecule has 1 aliphatic heterocycles. The molecule has 25 heavy (non-hydrogen) atoms. The van der Waals surface area contributed by atoms with Crippen molar-refractivity contribution in [3.8, 4) is 5.75 Å². The molecule has 0 saturated carbocycles. The molecule has 0 aromatic heterocycles. The Balaban J connectivity index is 1.94. The van der Waals surface area contributed by atoms with Crippen LogP contribution in [0.3, 0.4) is 0 Å². The van der Waals surface area contributed by atoms with Crippen molar-refractivity contribution in [3.05, 3.63) is 54.1 Å². The Bertz CT molecular complexity index is 811. The summed E-state index contributed by atoms with van der Waals surface area (Å²) >= 11 is 0. The molecule has 6 heteroatoms. The van der Waals surface area contributed by atoms with Crippen LogP contribution in [0.5, 0.6) is 5.75 Å². The maximum atomic E-state index is 9.55. The van der Waals surface area contributed by atoms with Gasteiger partial charge in [-0.25, -0.2) is 10.8 Å². The topological polar surface area (TPSA) is 86.6 Å². The molecule has 3 N–H and O–H groups in total. The highest BCUT2D eigenvalue weighted by molar-refractivity contribution is 6.00. The van der Waals surface area contributed by atoms with Crippen LogP contribution in [0, 0.1) is 0 Å². The molecule has 0 unspecified atom stereocenters. The molecule has 1 heterocycles. The van der Waals surface area contributed by atoms with E-state index in [0.29, 0.717) is 12.4 Å². The minimum atomic E-state index is -0.476. The lowest BCUT2D eigenvalue weighted by Crippen LogP contribution is -2.58. The largest absolute Gasteiger partial charge is 0.508 e. The number of nitrogens with two attached hydrogens (primary N) is 1. The Morgan fingerprint density at radius 1 is 1.12 bits per heavy atom. The van der Waals surface area contributed by atoms with Crippen molar-refractivity contribution in [2.24, 2.45) is 21.1 Å². The van der Waals surface area contributed by atoms with Gasteiger partial charge in [0.2, 0.25) is 0 Å². The Hall–Kier alpha value is -2.73. The fraction of sp³-hybridized carbons (Fsp3) is 0.316. The highest BCUT2D eigenvalue weighted by Gasteiger charge is 2.42. The van der Waals surface area contributed by atoms with Gasteiger partial charge in [-0.2, -0.15) is 5.11 Å². The number of hydrogen-bond acceptors (Lipinski definition) is 6. The van der Waals surface area contributed by atoms with Crippen molar-refractivity contribution in [1.82, 2.24) is 0 Å². The summed E-state index contributed by atoms with van der Waals surface area (Å²) in [5.41, 5.74) is 2.12. The number of nitrogens with zero attached hydrogens (tertiary/aromatic N) is 4. The van der Waals surface area contributed by atoms with Crippen LogP contribution < -0.4 is 10.9 Å². The van der Waals surface area contributed by atoms with E-state index in [1.807, 2.05) is 30.3 Å². The van der Waals surface area contributed by atoms with E-state index >= 15 is 0 Å². The molecule has 1 aliphatic rings. The maximum absolute atomic E-state index is 9.55. The molecule has 2 aromatic carbocycles. The van der Waals surface area contributed by atoms with Gasteiger partial charge in [-0.3, -0.25) is 5.01 Å². The lowest BCUT2D eigenvalue weighted by Gasteiger charge is -2.43.